The molecule has 1 aromatic heterocycles. The van der Waals surface area contributed by atoms with E-state index < -0.39 is 11.2 Å². The monoisotopic (exact) mass is 524 g/mol. The van der Waals surface area contributed by atoms with E-state index >= 15 is 0 Å². The van der Waals surface area contributed by atoms with Gasteiger partial charge in [0.25, 0.3) is 0 Å². The molecule has 2 fully saturated rings. The lowest BCUT2D eigenvalue weighted by Crippen LogP contribution is -2.58. The van der Waals surface area contributed by atoms with Crippen molar-refractivity contribution < 1.29 is 9.59 Å². The maximum Gasteiger partial charge on any atom is 0.354 e. The van der Waals surface area contributed by atoms with Gasteiger partial charge >= 0.3 is 11.7 Å². The lowest BCUT2D eigenvalue weighted by Gasteiger charge is -2.37. The Balaban J connectivity index is 1.29. The molecule has 4 rings (SSSR count). The second-order valence-corrected chi connectivity index (χ2v) is 10.9. The van der Waals surface area contributed by atoms with Crippen LogP contribution in [0.3, 0.4) is 0 Å². The summed E-state index contributed by atoms with van der Waals surface area (Å²) < 4.78 is 1.45. The number of nitrogens with zero attached hydrogens (tertiary/aromatic N) is 5. The Morgan fingerprint density at radius 2 is 1.74 bits per heavy atom. The molecule has 0 bridgehead atoms. The number of piperazine rings is 1. The van der Waals surface area contributed by atoms with E-state index in [-0.39, 0.29) is 17.8 Å². The molecule has 2 aliphatic heterocycles. The molecule has 2 saturated heterocycles. The third kappa shape index (κ3) is 6.97. The van der Waals surface area contributed by atoms with Crippen LogP contribution in [0.5, 0.6) is 0 Å². The van der Waals surface area contributed by atoms with Crippen LogP contribution < -0.4 is 22.5 Å². The van der Waals surface area contributed by atoms with Crippen LogP contribution in [0.2, 0.25) is 0 Å². The second-order valence-electron chi connectivity index (χ2n) is 10.9. The number of piperidine rings is 1. The van der Waals surface area contributed by atoms with Gasteiger partial charge in [0, 0.05) is 45.5 Å². The van der Waals surface area contributed by atoms with Gasteiger partial charge in [-0.1, -0.05) is 12.1 Å². The van der Waals surface area contributed by atoms with Crippen LogP contribution in [0.1, 0.15) is 32.3 Å². The molecule has 11 nitrogen and oxygen atoms in total. The van der Waals surface area contributed by atoms with Gasteiger partial charge in [0.15, 0.2) is 0 Å². The molecule has 11 heteroatoms. The highest BCUT2D eigenvalue weighted by Gasteiger charge is 2.31. The number of nitrogens with one attached hydrogen (secondary N) is 1. The van der Waals surface area contributed by atoms with Crippen molar-refractivity contribution in [2.75, 3.05) is 57.7 Å². The van der Waals surface area contributed by atoms with Crippen LogP contribution in [0.4, 0.5) is 10.6 Å². The van der Waals surface area contributed by atoms with Gasteiger partial charge in [-0.3, -0.25) is 14.7 Å². The molecule has 0 aliphatic carbocycles. The Morgan fingerprint density at radius 1 is 1.05 bits per heavy atom. The van der Waals surface area contributed by atoms with Crippen molar-refractivity contribution in [1.29, 1.82) is 0 Å². The van der Waals surface area contributed by atoms with Crippen LogP contribution in [-0.4, -0.2) is 94.1 Å². The van der Waals surface area contributed by atoms with Gasteiger partial charge in [-0.05, 0) is 75.9 Å². The van der Waals surface area contributed by atoms with E-state index in [0.29, 0.717) is 37.8 Å². The molecule has 0 unspecified atom stereocenters. The maximum absolute atomic E-state index is 12.7. The summed E-state index contributed by atoms with van der Waals surface area (Å²) in [4.78, 5) is 47.5. The zero-order valence-corrected chi connectivity index (χ0v) is 22.4. The van der Waals surface area contributed by atoms with Crippen molar-refractivity contribution in [3.05, 3.63) is 52.6 Å². The van der Waals surface area contributed by atoms with E-state index in [1.54, 1.807) is 35.9 Å². The first-order valence-electron chi connectivity index (χ1n) is 13.4. The molecule has 38 heavy (non-hydrogen) atoms. The van der Waals surface area contributed by atoms with Gasteiger partial charge in [-0.15, -0.1) is 0 Å². The highest BCUT2D eigenvalue weighted by molar-refractivity contribution is 5.89. The molecule has 2 aliphatic rings. The van der Waals surface area contributed by atoms with E-state index in [1.165, 1.54) is 23.0 Å². The molecule has 5 N–H and O–H groups in total. The SMILES string of the molecule is CC(C)(N)C(=O)N1CCN(C(=O)Nc2ccn(-c3ccc(CCN4CCC[C@@H](CN)C4)cc3)c(=O)n2)CC1. The van der Waals surface area contributed by atoms with E-state index in [1.807, 2.05) is 24.3 Å². The second kappa shape index (κ2) is 12.1. The number of amides is 3. The highest BCUT2D eigenvalue weighted by atomic mass is 16.2. The predicted octanol–water partition coefficient (Wildman–Crippen LogP) is 0.859. The Bertz CT molecular complexity index is 1170. The normalized spacial score (nSPS) is 18.9. The summed E-state index contributed by atoms with van der Waals surface area (Å²) >= 11 is 0. The molecule has 0 saturated carbocycles. The minimum Gasteiger partial charge on any atom is -0.338 e. The van der Waals surface area contributed by atoms with Gasteiger partial charge < -0.3 is 26.2 Å². The average Bonchev–Trinajstić information content (AvgIpc) is 2.91. The molecule has 1 atom stereocenters. The molecule has 3 amide bonds. The van der Waals surface area contributed by atoms with Crippen molar-refractivity contribution in [1.82, 2.24) is 24.3 Å². The Morgan fingerprint density at radius 3 is 2.37 bits per heavy atom. The summed E-state index contributed by atoms with van der Waals surface area (Å²) in [5, 5.41) is 2.69. The van der Waals surface area contributed by atoms with Crippen molar-refractivity contribution in [2.45, 2.75) is 38.6 Å². The molecule has 1 aromatic carbocycles. The first-order chi connectivity index (χ1) is 18.1. The predicted molar refractivity (Wildman–Crippen MR) is 147 cm³/mol. The summed E-state index contributed by atoms with van der Waals surface area (Å²) in [6.45, 7) is 8.86. The number of urea groups is 1. The first kappa shape index (κ1) is 27.7. The molecule has 2 aromatic rings. The smallest absolute Gasteiger partial charge is 0.338 e. The van der Waals surface area contributed by atoms with Gasteiger partial charge in [0.1, 0.15) is 5.82 Å². The lowest BCUT2D eigenvalue weighted by molar-refractivity contribution is -0.137. The number of aromatic nitrogens is 2. The zero-order chi connectivity index (χ0) is 27.3. The third-order valence-electron chi connectivity index (χ3n) is 7.31. The summed E-state index contributed by atoms with van der Waals surface area (Å²) in [5.74, 6) is 0.647. The third-order valence-corrected chi connectivity index (χ3v) is 7.31. The fraction of sp³-hybridized carbons (Fsp3) is 0.556. The minimum atomic E-state index is -0.944. The van der Waals surface area contributed by atoms with Crippen LogP contribution in [0.25, 0.3) is 5.69 Å². The van der Waals surface area contributed by atoms with Crippen LogP contribution in [0, 0.1) is 5.92 Å². The molecule has 3 heterocycles. The summed E-state index contributed by atoms with van der Waals surface area (Å²) in [6.07, 6.45) is 4.99. The van der Waals surface area contributed by atoms with E-state index in [0.717, 1.165) is 32.6 Å². The molecular weight excluding hydrogens is 484 g/mol. The fourth-order valence-corrected chi connectivity index (χ4v) is 5.04. The number of hydrogen-bond donors (Lipinski definition) is 3. The quantitative estimate of drug-likeness (QED) is 0.487. The van der Waals surface area contributed by atoms with Crippen LogP contribution in [0.15, 0.2) is 41.3 Å². The van der Waals surface area contributed by atoms with Crippen molar-refractivity contribution >= 4 is 17.8 Å². The van der Waals surface area contributed by atoms with Crippen molar-refractivity contribution in [3.63, 3.8) is 0 Å². The average molecular weight is 525 g/mol. The molecule has 0 spiro atoms. The number of anilines is 1. The summed E-state index contributed by atoms with van der Waals surface area (Å²) in [7, 11) is 0. The van der Waals surface area contributed by atoms with E-state index in [2.05, 4.69) is 15.2 Å². The van der Waals surface area contributed by atoms with Gasteiger partial charge in [-0.2, -0.15) is 4.98 Å². The fourth-order valence-electron chi connectivity index (χ4n) is 5.04. The highest BCUT2D eigenvalue weighted by Crippen LogP contribution is 2.17. The largest absolute Gasteiger partial charge is 0.354 e. The van der Waals surface area contributed by atoms with E-state index in [4.69, 9.17) is 11.5 Å². The minimum absolute atomic E-state index is 0.140. The Kier molecular flexibility index (Phi) is 8.80. The zero-order valence-electron chi connectivity index (χ0n) is 22.4. The number of carbonyl (C=O) groups is 2. The standard InChI is InChI=1S/C27H40N8O3/c1-27(2,29)24(36)33-14-16-34(17-15-33)25(37)30-23-10-13-35(26(38)31-23)22-7-5-20(6-8-22)9-12-32-11-3-4-21(18-28)19-32/h5-8,10,13,21H,3-4,9,11-12,14-19,28-29H2,1-2H3,(H,30,31,37,38)/t21-/m0/s1. The topological polar surface area (TPSA) is 143 Å². The number of hydrogen-bond acceptors (Lipinski definition) is 7. The number of nitrogens with two attached hydrogens (primary N) is 2. The van der Waals surface area contributed by atoms with Crippen molar-refractivity contribution in [2.24, 2.45) is 17.4 Å². The Hall–Kier alpha value is -3.28. The van der Waals surface area contributed by atoms with Gasteiger partial charge in [0.05, 0.1) is 11.2 Å². The number of benzene rings is 1. The van der Waals surface area contributed by atoms with E-state index in [9.17, 15) is 14.4 Å². The van der Waals surface area contributed by atoms with Crippen molar-refractivity contribution in [3.8, 4) is 5.69 Å². The molecule has 206 valence electrons. The summed E-state index contributed by atoms with van der Waals surface area (Å²) in [6, 6.07) is 9.16. The number of carbonyl (C=O) groups excluding carboxylic acids is 2. The molecule has 0 radical (unpaired) electrons. The molecular formula is C27H40N8O3. The van der Waals surface area contributed by atoms with Gasteiger partial charge in [-0.25, -0.2) is 9.59 Å². The summed E-state index contributed by atoms with van der Waals surface area (Å²) in [5.41, 5.74) is 12.3. The maximum atomic E-state index is 12.7. The Labute approximate surface area is 223 Å². The first-order valence-corrected chi connectivity index (χ1v) is 13.4. The van der Waals surface area contributed by atoms with Gasteiger partial charge in [0.2, 0.25) is 5.91 Å². The van der Waals surface area contributed by atoms with Crippen LogP contribution in [-0.2, 0) is 11.2 Å². The number of likely N-dealkylation sites (tertiary alicyclic amines) is 1. The van der Waals surface area contributed by atoms with Crippen LogP contribution >= 0.6 is 0 Å². The number of rotatable bonds is 7. The lowest BCUT2D eigenvalue weighted by atomic mass is 9.98.